The predicted molar refractivity (Wildman–Crippen MR) is 86.3 cm³/mol. The molecule has 0 radical (unpaired) electrons. The van der Waals surface area contributed by atoms with Crippen molar-refractivity contribution in [2.24, 2.45) is 5.92 Å². The number of ether oxygens (including phenoxy) is 1. The van der Waals surface area contributed by atoms with E-state index in [0.29, 0.717) is 29.9 Å². The number of aliphatic hydroxyl groups is 1. The van der Waals surface area contributed by atoms with Crippen molar-refractivity contribution < 1.29 is 9.84 Å². The third kappa shape index (κ3) is 5.21. The molecule has 1 saturated carbocycles. The van der Waals surface area contributed by atoms with Crippen LogP contribution in [0.5, 0.6) is 0 Å². The van der Waals surface area contributed by atoms with E-state index in [0.717, 1.165) is 13.0 Å². The van der Waals surface area contributed by atoms with Gasteiger partial charge < -0.3 is 15.2 Å². The first-order valence-electron chi connectivity index (χ1n) is 8.23. The van der Waals surface area contributed by atoms with Crippen LogP contribution in [-0.2, 0) is 4.74 Å². The van der Waals surface area contributed by atoms with Crippen LogP contribution in [0.25, 0.3) is 0 Å². The summed E-state index contributed by atoms with van der Waals surface area (Å²) in [7, 11) is 0. The lowest BCUT2D eigenvalue weighted by Crippen LogP contribution is -2.39. The zero-order valence-electron chi connectivity index (χ0n) is 13.1. The zero-order valence-corrected chi connectivity index (χ0v) is 13.9. The lowest BCUT2D eigenvalue weighted by Gasteiger charge is -2.30. The highest BCUT2D eigenvalue weighted by Gasteiger charge is 2.29. The van der Waals surface area contributed by atoms with Crippen LogP contribution in [0.15, 0.2) is 0 Å². The summed E-state index contributed by atoms with van der Waals surface area (Å²) in [6.45, 7) is 6.72. The molecule has 20 heavy (non-hydrogen) atoms. The van der Waals surface area contributed by atoms with Crippen LogP contribution in [0.3, 0.4) is 0 Å². The van der Waals surface area contributed by atoms with Crippen molar-refractivity contribution >= 4 is 11.8 Å². The minimum absolute atomic E-state index is 0.362. The van der Waals surface area contributed by atoms with E-state index >= 15 is 0 Å². The molecule has 2 rings (SSSR count). The first kappa shape index (κ1) is 16.6. The molecule has 1 saturated heterocycles. The van der Waals surface area contributed by atoms with Gasteiger partial charge in [-0.05, 0) is 44.3 Å². The molecule has 4 unspecified atom stereocenters. The molecule has 0 aromatic heterocycles. The first-order chi connectivity index (χ1) is 9.59. The molecule has 0 aromatic rings. The van der Waals surface area contributed by atoms with Crippen molar-refractivity contribution in [2.45, 2.75) is 69.3 Å². The Labute approximate surface area is 128 Å². The number of aliphatic hydroxyl groups excluding tert-OH is 1. The summed E-state index contributed by atoms with van der Waals surface area (Å²) in [4.78, 5) is 0. The smallest absolute Gasteiger partial charge is 0.0897 e. The van der Waals surface area contributed by atoms with Crippen LogP contribution in [0.4, 0.5) is 0 Å². The molecule has 1 aliphatic carbocycles. The Bertz CT molecular complexity index is 282. The number of thioether (sulfide) groups is 1. The molecule has 2 N–H and O–H groups in total. The maximum Gasteiger partial charge on any atom is 0.0897 e. The van der Waals surface area contributed by atoms with Gasteiger partial charge in [0.25, 0.3) is 0 Å². The van der Waals surface area contributed by atoms with Gasteiger partial charge in [-0.2, -0.15) is 11.8 Å². The monoisotopic (exact) mass is 301 g/mol. The van der Waals surface area contributed by atoms with Gasteiger partial charge >= 0.3 is 0 Å². The zero-order chi connectivity index (χ0) is 14.4. The summed E-state index contributed by atoms with van der Waals surface area (Å²) >= 11 is 2.06. The summed E-state index contributed by atoms with van der Waals surface area (Å²) < 4.78 is 6.28. The molecule has 1 aliphatic heterocycles. The fourth-order valence-electron chi connectivity index (χ4n) is 3.30. The maximum absolute atomic E-state index is 10.0. The van der Waals surface area contributed by atoms with E-state index in [2.05, 4.69) is 30.9 Å². The second-order valence-corrected chi connectivity index (χ2v) is 8.50. The Hall–Kier alpha value is 0.230. The van der Waals surface area contributed by atoms with Gasteiger partial charge in [-0.25, -0.2) is 0 Å². The van der Waals surface area contributed by atoms with Crippen molar-refractivity contribution in [1.82, 2.24) is 5.32 Å². The van der Waals surface area contributed by atoms with E-state index in [1.165, 1.54) is 37.9 Å². The molecular weight excluding hydrogens is 270 g/mol. The van der Waals surface area contributed by atoms with Gasteiger partial charge in [0.05, 0.1) is 18.8 Å². The van der Waals surface area contributed by atoms with Gasteiger partial charge in [-0.1, -0.05) is 19.8 Å². The van der Waals surface area contributed by atoms with Crippen molar-refractivity contribution in [1.29, 1.82) is 0 Å². The van der Waals surface area contributed by atoms with Gasteiger partial charge in [-0.15, -0.1) is 0 Å². The maximum atomic E-state index is 10.0. The third-order valence-electron chi connectivity index (χ3n) is 4.71. The van der Waals surface area contributed by atoms with Crippen LogP contribution in [-0.4, -0.2) is 47.5 Å². The van der Waals surface area contributed by atoms with Crippen LogP contribution in [0, 0.1) is 5.92 Å². The number of hydrogen-bond donors (Lipinski definition) is 2. The van der Waals surface area contributed by atoms with E-state index in [1.807, 2.05) is 0 Å². The Morgan fingerprint density at radius 2 is 2.15 bits per heavy atom. The SMILES string of the molecule is CC1CCCCC1OCC(O)CNCC1(C)CCCS1. The topological polar surface area (TPSA) is 41.5 Å². The van der Waals surface area contributed by atoms with E-state index in [1.54, 1.807) is 0 Å². The summed E-state index contributed by atoms with van der Waals surface area (Å²) in [5.74, 6) is 1.93. The predicted octanol–water partition coefficient (Wildman–Crippen LogP) is 2.82. The molecule has 0 amide bonds. The fourth-order valence-corrected chi connectivity index (χ4v) is 4.58. The summed E-state index contributed by atoms with van der Waals surface area (Å²) in [5, 5.41) is 13.4. The van der Waals surface area contributed by atoms with E-state index in [4.69, 9.17) is 4.74 Å². The van der Waals surface area contributed by atoms with Crippen molar-refractivity contribution in [3.05, 3.63) is 0 Å². The molecule has 118 valence electrons. The highest BCUT2D eigenvalue weighted by atomic mass is 32.2. The molecule has 4 heteroatoms. The van der Waals surface area contributed by atoms with Crippen LogP contribution < -0.4 is 5.32 Å². The van der Waals surface area contributed by atoms with E-state index in [9.17, 15) is 5.11 Å². The molecule has 3 nitrogen and oxygen atoms in total. The summed E-state index contributed by atoms with van der Waals surface area (Å²) in [6.07, 6.45) is 7.65. The molecule has 1 heterocycles. The largest absolute Gasteiger partial charge is 0.389 e. The van der Waals surface area contributed by atoms with Gasteiger partial charge in [0.2, 0.25) is 0 Å². The van der Waals surface area contributed by atoms with Gasteiger partial charge in [0, 0.05) is 17.8 Å². The van der Waals surface area contributed by atoms with Gasteiger partial charge in [0.15, 0.2) is 0 Å². The van der Waals surface area contributed by atoms with Crippen LogP contribution in [0.2, 0.25) is 0 Å². The van der Waals surface area contributed by atoms with E-state index < -0.39 is 0 Å². The van der Waals surface area contributed by atoms with Crippen molar-refractivity contribution in [3.8, 4) is 0 Å². The lowest BCUT2D eigenvalue weighted by atomic mass is 9.88. The summed E-state index contributed by atoms with van der Waals surface area (Å²) in [6, 6.07) is 0. The molecule has 0 spiro atoms. The minimum Gasteiger partial charge on any atom is -0.389 e. The lowest BCUT2D eigenvalue weighted by molar-refractivity contribution is -0.0451. The van der Waals surface area contributed by atoms with Crippen LogP contribution >= 0.6 is 11.8 Å². The Morgan fingerprint density at radius 3 is 2.85 bits per heavy atom. The Balaban J connectivity index is 1.57. The molecule has 2 aliphatic rings. The van der Waals surface area contributed by atoms with Crippen molar-refractivity contribution in [2.75, 3.05) is 25.4 Å². The quantitative estimate of drug-likeness (QED) is 0.759. The highest BCUT2D eigenvalue weighted by molar-refractivity contribution is 8.00. The second-order valence-electron chi connectivity index (χ2n) is 6.82. The van der Waals surface area contributed by atoms with Crippen molar-refractivity contribution in [3.63, 3.8) is 0 Å². The van der Waals surface area contributed by atoms with Gasteiger partial charge in [0.1, 0.15) is 0 Å². The average molecular weight is 301 g/mol. The second kappa shape index (κ2) is 8.02. The van der Waals surface area contributed by atoms with Gasteiger partial charge in [-0.3, -0.25) is 0 Å². The molecule has 0 bridgehead atoms. The number of nitrogens with one attached hydrogen (secondary N) is 1. The highest BCUT2D eigenvalue weighted by Crippen LogP contribution is 2.36. The third-order valence-corrected chi connectivity index (χ3v) is 6.25. The molecule has 2 fully saturated rings. The van der Waals surface area contributed by atoms with E-state index in [-0.39, 0.29) is 6.10 Å². The Kier molecular flexibility index (Phi) is 6.66. The Morgan fingerprint density at radius 1 is 1.35 bits per heavy atom. The first-order valence-corrected chi connectivity index (χ1v) is 9.22. The van der Waals surface area contributed by atoms with Crippen LogP contribution in [0.1, 0.15) is 52.4 Å². The molecule has 0 aromatic carbocycles. The standard InChI is InChI=1S/C16H31NO2S/c1-13-6-3-4-7-15(13)19-11-14(18)10-17-12-16(2)8-5-9-20-16/h13-15,17-18H,3-12H2,1-2H3. The average Bonchev–Trinajstić information content (AvgIpc) is 2.85. The minimum atomic E-state index is -0.376. The number of rotatable bonds is 7. The molecular formula is C16H31NO2S. The number of hydrogen-bond acceptors (Lipinski definition) is 4. The fraction of sp³-hybridized carbons (Fsp3) is 1.00. The normalized spacial score (nSPS) is 36.1. The summed E-state index contributed by atoms with van der Waals surface area (Å²) in [5.41, 5.74) is 0. The molecule has 4 atom stereocenters.